The zero-order chi connectivity index (χ0) is 13.9. The molecule has 0 bridgehead atoms. The van der Waals surface area contributed by atoms with Crippen molar-refractivity contribution in [1.29, 1.82) is 0 Å². The zero-order valence-corrected chi connectivity index (χ0v) is 12.4. The fourth-order valence-corrected chi connectivity index (χ4v) is 2.46. The van der Waals surface area contributed by atoms with E-state index in [1.165, 1.54) is 18.5 Å². The van der Waals surface area contributed by atoms with Crippen molar-refractivity contribution < 1.29 is 4.74 Å². The number of piperidine rings is 1. The van der Waals surface area contributed by atoms with Crippen LogP contribution < -0.4 is 15.4 Å². The number of nitrogen functional groups attached to an aromatic ring is 1. The summed E-state index contributed by atoms with van der Waals surface area (Å²) >= 11 is 0. The summed E-state index contributed by atoms with van der Waals surface area (Å²) in [5.74, 6) is 0.890. The molecule has 0 aliphatic carbocycles. The summed E-state index contributed by atoms with van der Waals surface area (Å²) in [7, 11) is 0. The maximum absolute atomic E-state index is 5.98. The van der Waals surface area contributed by atoms with E-state index in [-0.39, 0.29) is 0 Å². The van der Waals surface area contributed by atoms with Gasteiger partial charge in [0.15, 0.2) is 0 Å². The van der Waals surface area contributed by atoms with E-state index >= 15 is 0 Å². The summed E-state index contributed by atoms with van der Waals surface area (Å²) < 4.78 is 5.70. The summed E-state index contributed by atoms with van der Waals surface area (Å²) in [6.07, 6.45) is 3.47. The number of nitrogens with zero attached hydrogens (tertiary/aromatic N) is 1. The molecule has 3 heteroatoms. The molecule has 1 heterocycles. The number of nitrogens with two attached hydrogens (primary N) is 1. The monoisotopic (exact) mass is 262 g/mol. The van der Waals surface area contributed by atoms with E-state index in [2.05, 4.69) is 37.8 Å². The van der Waals surface area contributed by atoms with Crippen molar-refractivity contribution in [3.63, 3.8) is 0 Å². The van der Waals surface area contributed by atoms with E-state index in [1.807, 2.05) is 6.07 Å². The van der Waals surface area contributed by atoms with Gasteiger partial charge in [-0.15, -0.1) is 0 Å². The predicted octanol–water partition coefficient (Wildman–Crippen LogP) is 3.68. The van der Waals surface area contributed by atoms with Crippen LogP contribution in [0.3, 0.4) is 0 Å². The van der Waals surface area contributed by atoms with E-state index < -0.39 is 0 Å². The fraction of sp³-hybridized carbons (Fsp3) is 0.625. The van der Waals surface area contributed by atoms with Crippen LogP contribution in [-0.4, -0.2) is 19.7 Å². The first-order valence-corrected chi connectivity index (χ1v) is 7.28. The Hall–Kier alpha value is -1.38. The van der Waals surface area contributed by atoms with Crippen LogP contribution in [0.5, 0.6) is 5.75 Å². The molecular weight excluding hydrogens is 236 g/mol. The summed E-state index contributed by atoms with van der Waals surface area (Å²) in [5.41, 5.74) is 8.44. The minimum atomic E-state index is 0.471. The molecule has 1 aliphatic rings. The molecule has 0 amide bonds. The summed E-state index contributed by atoms with van der Waals surface area (Å²) in [4.78, 5) is 2.42. The lowest BCUT2D eigenvalue weighted by Crippen LogP contribution is -2.37. The Balaban J connectivity index is 2.09. The summed E-state index contributed by atoms with van der Waals surface area (Å²) in [6.45, 7) is 9.75. The van der Waals surface area contributed by atoms with Crippen molar-refractivity contribution in [1.82, 2.24) is 0 Å². The SMILES string of the molecule is CCCOc1cc(N)cc(N2CCC(C)(C)CC2)c1. The first kappa shape index (κ1) is 14.0. The molecule has 0 atom stereocenters. The van der Waals surface area contributed by atoms with Gasteiger partial charge in [-0.1, -0.05) is 20.8 Å². The van der Waals surface area contributed by atoms with Gasteiger partial charge in [-0.25, -0.2) is 0 Å². The third-order valence-electron chi connectivity index (χ3n) is 3.87. The number of hydrogen-bond donors (Lipinski definition) is 1. The van der Waals surface area contributed by atoms with E-state index in [0.717, 1.165) is 37.6 Å². The molecule has 1 fully saturated rings. The average Bonchev–Trinajstić information content (AvgIpc) is 2.35. The second kappa shape index (κ2) is 5.72. The lowest BCUT2D eigenvalue weighted by Gasteiger charge is -2.38. The van der Waals surface area contributed by atoms with E-state index in [9.17, 15) is 0 Å². The van der Waals surface area contributed by atoms with E-state index in [0.29, 0.717) is 5.41 Å². The van der Waals surface area contributed by atoms with Gasteiger partial charge in [-0.05, 0) is 30.7 Å². The Kier molecular flexibility index (Phi) is 4.23. The van der Waals surface area contributed by atoms with Gasteiger partial charge in [0.05, 0.1) is 6.61 Å². The van der Waals surface area contributed by atoms with Gasteiger partial charge in [-0.3, -0.25) is 0 Å². The van der Waals surface area contributed by atoms with Crippen LogP contribution in [0, 0.1) is 5.41 Å². The summed E-state index contributed by atoms with van der Waals surface area (Å²) in [5, 5.41) is 0. The highest BCUT2D eigenvalue weighted by Gasteiger charge is 2.25. The Labute approximate surface area is 116 Å². The normalized spacial score (nSPS) is 18.4. The molecule has 3 nitrogen and oxygen atoms in total. The van der Waals surface area contributed by atoms with E-state index in [4.69, 9.17) is 10.5 Å². The second-order valence-electron chi connectivity index (χ2n) is 6.26. The highest BCUT2D eigenvalue weighted by atomic mass is 16.5. The molecule has 0 spiro atoms. The van der Waals surface area contributed by atoms with Crippen molar-refractivity contribution in [3.8, 4) is 5.75 Å². The number of ether oxygens (including phenoxy) is 1. The van der Waals surface area contributed by atoms with Gasteiger partial charge >= 0.3 is 0 Å². The molecular formula is C16H26N2O. The van der Waals surface area contributed by atoms with Crippen LogP contribution in [0.4, 0.5) is 11.4 Å². The Bertz CT molecular complexity index is 419. The highest BCUT2D eigenvalue weighted by Crippen LogP contribution is 2.34. The summed E-state index contributed by atoms with van der Waals surface area (Å²) in [6, 6.07) is 6.08. The molecule has 0 unspecified atom stereocenters. The van der Waals surface area contributed by atoms with Crippen LogP contribution in [0.15, 0.2) is 18.2 Å². The minimum absolute atomic E-state index is 0.471. The molecule has 1 saturated heterocycles. The van der Waals surface area contributed by atoms with Crippen LogP contribution in [-0.2, 0) is 0 Å². The Morgan fingerprint density at radius 3 is 2.53 bits per heavy atom. The topological polar surface area (TPSA) is 38.5 Å². The highest BCUT2D eigenvalue weighted by molar-refractivity contribution is 5.60. The Morgan fingerprint density at radius 2 is 1.89 bits per heavy atom. The van der Waals surface area contributed by atoms with Crippen LogP contribution in [0.25, 0.3) is 0 Å². The first-order chi connectivity index (χ1) is 9.00. The van der Waals surface area contributed by atoms with Crippen molar-refractivity contribution in [2.24, 2.45) is 5.41 Å². The molecule has 0 radical (unpaired) electrons. The van der Waals surface area contributed by atoms with Crippen molar-refractivity contribution in [2.45, 2.75) is 40.0 Å². The third kappa shape index (κ3) is 3.79. The smallest absolute Gasteiger partial charge is 0.123 e. The van der Waals surface area contributed by atoms with Gasteiger partial charge in [0.1, 0.15) is 5.75 Å². The maximum atomic E-state index is 5.98. The molecule has 2 N–H and O–H groups in total. The number of hydrogen-bond acceptors (Lipinski definition) is 3. The van der Waals surface area contributed by atoms with Crippen molar-refractivity contribution >= 4 is 11.4 Å². The zero-order valence-electron chi connectivity index (χ0n) is 12.4. The van der Waals surface area contributed by atoms with Crippen LogP contribution in [0.1, 0.15) is 40.0 Å². The second-order valence-corrected chi connectivity index (χ2v) is 6.26. The molecule has 19 heavy (non-hydrogen) atoms. The maximum Gasteiger partial charge on any atom is 0.123 e. The van der Waals surface area contributed by atoms with Crippen LogP contribution >= 0.6 is 0 Å². The molecule has 1 aromatic carbocycles. The molecule has 1 aromatic rings. The van der Waals surface area contributed by atoms with Gasteiger partial charge in [0.25, 0.3) is 0 Å². The standard InChI is InChI=1S/C16H26N2O/c1-4-9-19-15-11-13(17)10-14(12-15)18-7-5-16(2,3)6-8-18/h10-12H,4-9,17H2,1-3H3. The molecule has 0 aromatic heterocycles. The molecule has 1 aliphatic heterocycles. The van der Waals surface area contributed by atoms with Crippen molar-refractivity contribution in [2.75, 3.05) is 30.3 Å². The fourth-order valence-electron chi connectivity index (χ4n) is 2.46. The third-order valence-corrected chi connectivity index (χ3v) is 3.87. The van der Waals surface area contributed by atoms with Gasteiger partial charge < -0.3 is 15.4 Å². The van der Waals surface area contributed by atoms with Gasteiger partial charge in [-0.2, -0.15) is 0 Å². The average molecular weight is 262 g/mol. The van der Waals surface area contributed by atoms with Gasteiger partial charge in [0.2, 0.25) is 0 Å². The van der Waals surface area contributed by atoms with E-state index in [1.54, 1.807) is 0 Å². The molecule has 106 valence electrons. The van der Waals surface area contributed by atoms with Crippen molar-refractivity contribution in [3.05, 3.63) is 18.2 Å². The number of anilines is 2. The minimum Gasteiger partial charge on any atom is -0.493 e. The quantitative estimate of drug-likeness (QED) is 0.841. The predicted molar refractivity (Wildman–Crippen MR) is 81.9 cm³/mol. The molecule has 2 rings (SSSR count). The Morgan fingerprint density at radius 1 is 1.21 bits per heavy atom. The largest absolute Gasteiger partial charge is 0.493 e. The van der Waals surface area contributed by atoms with Crippen LogP contribution in [0.2, 0.25) is 0 Å². The number of rotatable bonds is 4. The van der Waals surface area contributed by atoms with Gasteiger partial charge in [0, 0.05) is 36.6 Å². The first-order valence-electron chi connectivity index (χ1n) is 7.28. The lowest BCUT2D eigenvalue weighted by molar-refractivity contribution is 0.279. The number of benzene rings is 1. The lowest BCUT2D eigenvalue weighted by atomic mass is 9.82. The molecule has 0 saturated carbocycles.